The summed E-state index contributed by atoms with van der Waals surface area (Å²) in [7, 11) is 0. The number of benzene rings is 2. The van der Waals surface area contributed by atoms with Crippen LogP contribution < -0.4 is 10.6 Å². The van der Waals surface area contributed by atoms with Crippen molar-refractivity contribution in [1.82, 2.24) is 9.97 Å². The van der Waals surface area contributed by atoms with Crippen molar-refractivity contribution < 1.29 is 4.79 Å². The molecular weight excluding hydrogens is 362 g/mol. The predicted octanol–water partition coefficient (Wildman–Crippen LogP) is 5.08. The van der Waals surface area contributed by atoms with Gasteiger partial charge in [0.15, 0.2) is 0 Å². The van der Waals surface area contributed by atoms with Crippen LogP contribution in [-0.4, -0.2) is 15.9 Å². The van der Waals surface area contributed by atoms with Crippen LogP contribution in [0.4, 0.5) is 17.2 Å². The molecular formula is C23H23N5O. The van der Waals surface area contributed by atoms with Gasteiger partial charge < -0.3 is 10.6 Å². The highest BCUT2D eigenvalue weighted by atomic mass is 16.1. The molecule has 0 radical (unpaired) electrons. The van der Waals surface area contributed by atoms with Crippen molar-refractivity contribution in [3.63, 3.8) is 0 Å². The number of hydrogen-bond donors (Lipinski definition) is 2. The fourth-order valence-electron chi connectivity index (χ4n) is 3.04. The quantitative estimate of drug-likeness (QED) is 0.639. The van der Waals surface area contributed by atoms with E-state index in [1.807, 2.05) is 25.1 Å². The number of aryl methyl sites for hydroxylation is 2. The summed E-state index contributed by atoms with van der Waals surface area (Å²) in [5, 5.41) is 15.1. The highest BCUT2D eigenvalue weighted by Gasteiger charge is 2.16. The minimum absolute atomic E-state index is 0.283. The zero-order valence-electron chi connectivity index (χ0n) is 16.9. The van der Waals surface area contributed by atoms with E-state index in [0.717, 1.165) is 22.5 Å². The van der Waals surface area contributed by atoms with E-state index in [4.69, 9.17) is 5.26 Å². The number of carbonyl (C=O) groups is 1. The molecule has 0 saturated carbocycles. The Morgan fingerprint density at radius 2 is 1.79 bits per heavy atom. The van der Waals surface area contributed by atoms with Gasteiger partial charge in [0.1, 0.15) is 17.3 Å². The first-order chi connectivity index (χ1) is 13.9. The van der Waals surface area contributed by atoms with E-state index in [2.05, 4.69) is 40.5 Å². The van der Waals surface area contributed by atoms with E-state index in [9.17, 15) is 4.79 Å². The maximum Gasteiger partial charge on any atom is 0.274 e. The first-order valence-electron chi connectivity index (χ1n) is 9.41. The van der Waals surface area contributed by atoms with E-state index < -0.39 is 0 Å². The summed E-state index contributed by atoms with van der Waals surface area (Å²) in [5.74, 6) is 1.00. The molecule has 0 spiro atoms. The van der Waals surface area contributed by atoms with Gasteiger partial charge in [0.25, 0.3) is 5.91 Å². The fourth-order valence-corrected chi connectivity index (χ4v) is 3.04. The Morgan fingerprint density at radius 3 is 2.45 bits per heavy atom. The summed E-state index contributed by atoms with van der Waals surface area (Å²) >= 11 is 0. The lowest BCUT2D eigenvalue weighted by Crippen LogP contribution is -2.17. The normalized spacial score (nSPS) is 10.5. The Kier molecular flexibility index (Phi) is 5.89. The second kappa shape index (κ2) is 8.53. The first kappa shape index (κ1) is 20.0. The van der Waals surface area contributed by atoms with Crippen LogP contribution in [0.15, 0.2) is 48.5 Å². The highest BCUT2D eigenvalue weighted by Crippen LogP contribution is 2.28. The predicted molar refractivity (Wildman–Crippen MR) is 114 cm³/mol. The molecule has 0 aliphatic rings. The zero-order chi connectivity index (χ0) is 21.0. The topological polar surface area (TPSA) is 90.7 Å². The molecule has 1 amide bonds. The van der Waals surface area contributed by atoms with Crippen molar-refractivity contribution in [2.45, 2.75) is 33.6 Å². The number of nitrogens with one attached hydrogen (secondary N) is 2. The third-order valence-corrected chi connectivity index (χ3v) is 4.52. The van der Waals surface area contributed by atoms with Gasteiger partial charge in [-0.2, -0.15) is 5.26 Å². The molecule has 3 aromatic rings. The molecule has 0 atom stereocenters. The molecule has 29 heavy (non-hydrogen) atoms. The molecule has 2 N–H and O–H groups in total. The third kappa shape index (κ3) is 4.77. The number of hydrogen-bond acceptors (Lipinski definition) is 5. The number of rotatable bonds is 5. The Labute approximate surface area is 170 Å². The summed E-state index contributed by atoms with van der Waals surface area (Å²) in [6, 6.07) is 16.7. The summed E-state index contributed by atoms with van der Waals surface area (Å²) < 4.78 is 0. The summed E-state index contributed by atoms with van der Waals surface area (Å²) in [6.07, 6.45) is 0. The van der Waals surface area contributed by atoms with Crippen molar-refractivity contribution in [3.05, 3.63) is 76.7 Å². The average Bonchev–Trinajstić information content (AvgIpc) is 2.69. The first-order valence-corrected chi connectivity index (χ1v) is 9.41. The molecule has 6 heteroatoms. The number of nitrogens with zero attached hydrogens (tertiary/aromatic N) is 3. The Balaban J connectivity index is 1.86. The molecule has 0 unspecified atom stereocenters. The van der Waals surface area contributed by atoms with E-state index in [0.29, 0.717) is 17.2 Å². The van der Waals surface area contributed by atoms with Crippen LogP contribution in [0.3, 0.4) is 0 Å². The van der Waals surface area contributed by atoms with Gasteiger partial charge in [0, 0.05) is 17.4 Å². The maximum absolute atomic E-state index is 12.9. The number of carbonyl (C=O) groups excluding carboxylic acids is 1. The SMILES string of the molecule is Cc1nc(Nc2ccc(C#N)cc2)cc(C(=O)Nc2c(C)cccc2C(C)C)n1. The largest absolute Gasteiger partial charge is 0.340 e. The van der Waals surface area contributed by atoms with Crippen LogP contribution in [0.1, 0.15) is 52.8 Å². The average molecular weight is 385 g/mol. The zero-order valence-corrected chi connectivity index (χ0v) is 16.9. The second-order valence-electron chi connectivity index (χ2n) is 7.15. The summed E-state index contributed by atoms with van der Waals surface area (Å²) in [5.41, 5.74) is 4.55. The van der Waals surface area contributed by atoms with Gasteiger partial charge in [0.05, 0.1) is 11.6 Å². The lowest BCUT2D eigenvalue weighted by Gasteiger charge is -2.16. The molecule has 146 valence electrons. The van der Waals surface area contributed by atoms with Gasteiger partial charge in [-0.3, -0.25) is 4.79 Å². The standard InChI is InChI=1S/C23H23N5O/c1-14(2)19-7-5-6-15(3)22(19)28-23(29)20-12-21(26-16(4)25-20)27-18-10-8-17(13-24)9-11-18/h5-12,14H,1-4H3,(H,28,29)(H,25,26,27). The van der Waals surface area contributed by atoms with E-state index in [1.54, 1.807) is 37.3 Å². The Bertz CT molecular complexity index is 1080. The number of anilines is 3. The molecule has 0 aliphatic heterocycles. The lowest BCUT2D eigenvalue weighted by atomic mass is 9.98. The number of aromatic nitrogens is 2. The summed E-state index contributed by atoms with van der Waals surface area (Å²) in [4.78, 5) is 21.6. The fraction of sp³-hybridized carbons (Fsp3) is 0.217. The van der Waals surface area contributed by atoms with Crippen LogP contribution in [-0.2, 0) is 0 Å². The van der Waals surface area contributed by atoms with Gasteiger partial charge in [0.2, 0.25) is 0 Å². The number of amides is 1. The number of nitriles is 1. The molecule has 0 aliphatic carbocycles. The van der Waals surface area contributed by atoms with Gasteiger partial charge in [-0.25, -0.2) is 9.97 Å². The molecule has 0 bridgehead atoms. The highest BCUT2D eigenvalue weighted by molar-refractivity contribution is 6.04. The molecule has 6 nitrogen and oxygen atoms in total. The Hall–Kier alpha value is -3.72. The van der Waals surface area contributed by atoms with Gasteiger partial charge >= 0.3 is 0 Å². The lowest BCUT2D eigenvalue weighted by molar-refractivity contribution is 0.102. The smallest absolute Gasteiger partial charge is 0.274 e. The van der Waals surface area contributed by atoms with Gasteiger partial charge in [-0.15, -0.1) is 0 Å². The van der Waals surface area contributed by atoms with Crippen LogP contribution >= 0.6 is 0 Å². The van der Waals surface area contributed by atoms with Gasteiger partial charge in [-0.1, -0.05) is 32.0 Å². The van der Waals surface area contributed by atoms with Crippen molar-refractivity contribution in [2.24, 2.45) is 0 Å². The molecule has 3 rings (SSSR count). The molecule has 1 heterocycles. The minimum Gasteiger partial charge on any atom is -0.340 e. The monoisotopic (exact) mass is 385 g/mol. The molecule has 0 fully saturated rings. The van der Waals surface area contributed by atoms with Crippen LogP contribution in [0.5, 0.6) is 0 Å². The second-order valence-corrected chi connectivity index (χ2v) is 7.15. The van der Waals surface area contributed by atoms with E-state index >= 15 is 0 Å². The van der Waals surface area contributed by atoms with Crippen molar-refractivity contribution in [3.8, 4) is 6.07 Å². The van der Waals surface area contributed by atoms with Crippen LogP contribution in [0, 0.1) is 25.2 Å². The van der Waals surface area contributed by atoms with Crippen LogP contribution in [0.2, 0.25) is 0 Å². The minimum atomic E-state index is -0.283. The Morgan fingerprint density at radius 1 is 1.07 bits per heavy atom. The van der Waals surface area contributed by atoms with Crippen molar-refractivity contribution >= 4 is 23.1 Å². The maximum atomic E-state index is 12.9. The van der Waals surface area contributed by atoms with Crippen molar-refractivity contribution in [2.75, 3.05) is 10.6 Å². The summed E-state index contributed by atoms with van der Waals surface area (Å²) in [6.45, 7) is 7.91. The molecule has 2 aromatic carbocycles. The van der Waals surface area contributed by atoms with Crippen LogP contribution in [0.25, 0.3) is 0 Å². The molecule has 1 aromatic heterocycles. The van der Waals surface area contributed by atoms with E-state index in [1.165, 1.54) is 0 Å². The van der Waals surface area contributed by atoms with E-state index in [-0.39, 0.29) is 17.5 Å². The number of para-hydroxylation sites is 1. The molecule has 0 saturated heterocycles. The third-order valence-electron chi connectivity index (χ3n) is 4.52. The van der Waals surface area contributed by atoms with Crippen molar-refractivity contribution in [1.29, 1.82) is 5.26 Å². The van der Waals surface area contributed by atoms with Gasteiger partial charge in [-0.05, 0) is 55.2 Å².